The van der Waals surface area contributed by atoms with Gasteiger partial charge < -0.3 is 9.05 Å². The maximum atomic E-state index is 5.48. The van der Waals surface area contributed by atoms with Gasteiger partial charge in [-0.1, -0.05) is 24.7 Å². The topological polar surface area (TPSA) is 18.5 Å². The Morgan fingerprint density at radius 1 is 1.15 bits per heavy atom. The molecule has 0 aliphatic rings. The van der Waals surface area contributed by atoms with Crippen LogP contribution in [0.25, 0.3) is 0 Å². The van der Waals surface area contributed by atoms with E-state index in [9.17, 15) is 0 Å². The second-order valence-corrected chi connectivity index (χ2v) is 8.90. The van der Waals surface area contributed by atoms with Crippen LogP contribution in [0.2, 0.25) is 0 Å². The van der Waals surface area contributed by atoms with Gasteiger partial charge in [0, 0.05) is 5.75 Å². The quantitative estimate of drug-likeness (QED) is 0.475. The summed E-state index contributed by atoms with van der Waals surface area (Å²) in [6.07, 6.45) is 2.38. The molecule has 80 valence electrons. The normalized spacial score (nSPS) is 11.9. The first kappa shape index (κ1) is 13.9. The standard InChI is InChI=1S/C8H19O2PS2/c1-4-7-8-13-11(12,9-5-2)10-6-3/h4-8H2,1-3H3. The van der Waals surface area contributed by atoms with Crippen molar-refractivity contribution in [1.82, 2.24) is 0 Å². The molecule has 0 aliphatic heterocycles. The lowest BCUT2D eigenvalue weighted by molar-refractivity contribution is 0.280. The van der Waals surface area contributed by atoms with E-state index in [4.69, 9.17) is 20.9 Å². The second kappa shape index (κ2) is 8.25. The molecule has 5 heteroatoms. The van der Waals surface area contributed by atoms with Crippen LogP contribution in [0.3, 0.4) is 0 Å². The molecule has 0 fully saturated rings. The molecule has 0 amide bonds. The van der Waals surface area contributed by atoms with E-state index < -0.39 is 5.69 Å². The van der Waals surface area contributed by atoms with Crippen molar-refractivity contribution in [2.45, 2.75) is 33.6 Å². The van der Waals surface area contributed by atoms with Crippen molar-refractivity contribution in [3.8, 4) is 0 Å². The molecule has 0 spiro atoms. The van der Waals surface area contributed by atoms with E-state index in [1.54, 1.807) is 11.4 Å². The Morgan fingerprint density at radius 3 is 2.08 bits per heavy atom. The predicted molar refractivity (Wildman–Crippen MR) is 64.9 cm³/mol. The van der Waals surface area contributed by atoms with Gasteiger partial charge in [0.25, 0.3) is 0 Å². The van der Waals surface area contributed by atoms with Gasteiger partial charge in [-0.25, -0.2) is 0 Å². The Balaban J connectivity index is 3.85. The summed E-state index contributed by atoms with van der Waals surface area (Å²) in [5.41, 5.74) is -2.00. The van der Waals surface area contributed by atoms with Crippen molar-refractivity contribution in [2.24, 2.45) is 0 Å². The summed E-state index contributed by atoms with van der Waals surface area (Å²) >= 11 is 7.02. The minimum absolute atomic E-state index is 0.649. The molecule has 0 aromatic rings. The van der Waals surface area contributed by atoms with E-state index in [1.807, 2.05) is 13.8 Å². The van der Waals surface area contributed by atoms with Gasteiger partial charge in [-0.3, -0.25) is 0 Å². The van der Waals surface area contributed by atoms with Crippen LogP contribution in [-0.4, -0.2) is 19.0 Å². The molecular formula is C8H19O2PS2. The molecule has 0 saturated heterocycles. The van der Waals surface area contributed by atoms with E-state index in [0.717, 1.165) is 5.75 Å². The van der Waals surface area contributed by atoms with Crippen LogP contribution in [0, 0.1) is 0 Å². The Hall–Kier alpha value is 0.920. The fraction of sp³-hybridized carbons (Fsp3) is 1.00. The van der Waals surface area contributed by atoms with Crippen LogP contribution in [0.15, 0.2) is 0 Å². The fourth-order valence-corrected chi connectivity index (χ4v) is 5.69. The van der Waals surface area contributed by atoms with Crippen LogP contribution in [0.5, 0.6) is 0 Å². The van der Waals surface area contributed by atoms with Gasteiger partial charge in [-0.05, 0) is 32.1 Å². The van der Waals surface area contributed by atoms with E-state index in [2.05, 4.69) is 6.92 Å². The van der Waals surface area contributed by atoms with Crippen molar-refractivity contribution >= 4 is 28.9 Å². The first-order valence-corrected chi connectivity index (χ1v) is 8.95. The summed E-state index contributed by atoms with van der Waals surface area (Å²) < 4.78 is 11.0. The molecule has 13 heavy (non-hydrogen) atoms. The first-order chi connectivity index (χ1) is 6.18. The third kappa shape index (κ3) is 6.92. The lowest BCUT2D eigenvalue weighted by Gasteiger charge is -2.19. The molecule has 0 N–H and O–H groups in total. The highest BCUT2D eigenvalue weighted by Crippen LogP contribution is 2.60. The SMILES string of the molecule is CCCCSP(=S)(OCC)OCC. The Kier molecular flexibility index (Phi) is 8.83. The fourth-order valence-electron chi connectivity index (χ4n) is 0.749. The average molecular weight is 242 g/mol. The molecule has 0 radical (unpaired) electrons. The van der Waals surface area contributed by atoms with Gasteiger partial charge in [0.1, 0.15) is 0 Å². The van der Waals surface area contributed by atoms with Crippen molar-refractivity contribution in [1.29, 1.82) is 0 Å². The summed E-state index contributed by atoms with van der Waals surface area (Å²) in [6, 6.07) is 0. The summed E-state index contributed by atoms with van der Waals surface area (Å²) in [4.78, 5) is 0. The third-order valence-electron chi connectivity index (χ3n) is 1.32. The molecule has 0 aromatic heterocycles. The number of unbranched alkanes of at least 4 members (excludes halogenated alkanes) is 1. The van der Waals surface area contributed by atoms with Gasteiger partial charge in [0.15, 0.2) is 0 Å². The first-order valence-electron chi connectivity index (χ1n) is 4.72. The minimum atomic E-state index is -2.00. The van der Waals surface area contributed by atoms with Crippen LogP contribution in [0.1, 0.15) is 33.6 Å². The zero-order valence-corrected chi connectivity index (χ0v) is 11.1. The molecule has 0 rings (SSSR count). The Bertz CT molecular complexity index is 154. The molecule has 0 saturated carbocycles. The maximum absolute atomic E-state index is 5.48. The van der Waals surface area contributed by atoms with Crippen molar-refractivity contribution in [3.63, 3.8) is 0 Å². The predicted octanol–water partition coefficient (Wildman–Crippen LogP) is 3.82. The van der Waals surface area contributed by atoms with E-state index >= 15 is 0 Å². The third-order valence-corrected chi connectivity index (χ3v) is 6.97. The van der Waals surface area contributed by atoms with Gasteiger partial charge in [0.05, 0.1) is 13.2 Å². The van der Waals surface area contributed by atoms with Crippen molar-refractivity contribution in [3.05, 3.63) is 0 Å². The van der Waals surface area contributed by atoms with E-state index in [0.29, 0.717) is 13.2 Å². The number of hydrogen-bond donors (Lipinski definition) is 0. The molecule has 0 bridgehead atoms. The lowest BCUT2D eigenvalue weighted by Crippen LogP contribution is -1.92. The van der Waals surface area contributed by atoms with Gasteiger partial charge in [-0.15, -0.1) is 0 Å². The van der Waals surface area contributed by atoms with Crippen LogP contribution < -0.4 is 0 Å². The summed E-state index contributed by atoms with van der Waals surface area (Å²) in [7, 11) is 0. The monoisotopic (exact) mass is 242 g/mol. The van der Waals surface area contributed by atoms with Crippen LogP contribution >= 0.6 is 17.1 Å². The van der Waals surface area contributed by atoms with Crippen LogP contribution in [-0.2, 0) is 20.9 Å². The Morgan fingerprint density at radius 2 is 1.69 bits per heavy atom. The highest BCUT2D eigenvalue weighted by molar-refractivity contribution is 8.67. The van der Waals surface area contributed by atoms with E-state index in [-0.39, 0.29) is 0 Å². The number of hydrogen-bond acceptors (Lipinski definition) is 4. The molecule has 0 heterocycles. The molecule has 2 nitrogen and oxygen atoms in total. The average Bonchev–Trinajstić information content (AvgIpc) is 2.05. The summed E-state index contributed by atoms with van der Waals surface area (Å²) in [5, 5.41) is 0. The Labute approximate surface area is 90.7 Å². The maximum Gasteiger partial charge on any atom is 0.247 e. The largest absolute Gasteiger partial charge is 0.322 e. The molecule has 0 unspecified atom stereocenters. The molecular weight excluding hydrogens is 223 g/mol. The highest BCUT2D eigenvalue weighted by atomic mass is 32.9. The molecule has 0 aliphatic carbocycles. The molecule has 0 aromatic carbocycles. The number of rotatable bonds is 8. The minimum Gasteiger partial charge on any atom is -0.322 e. The summed E-state index contributed by atoms with van der Waals surface area (Å²) in [6.45, 7) is 7.39. The zero-order chi connectivity index (χ0) is 10.2. The summed E-state index contributed by atoms with van der Waals surface area (Å²) in [5.74, 6) is 1.05. The van der Waals surface area contributed by atoms with E-state index in [1.165, 1.54) is 12.8 Å². The van der Waals surface area contributed by atoms with Gasteiger partial charge in [-0.2, -0.15) is 0 Å². The lowest BCUT2D eigenvalue weighted by atomic mass is 10.4. The smallest absolute Gasteiger partial charge is 0.247 e. The van der Waals surface area contributed by atoms with Gasteiger partial charge >= 0.3 is 0 Å². The highest BCUT2D eigenvalue weighted by Gasteiger charge is 2.17. The van der Waals surface area contributed by atoms with Crippen molar-refractivity contribution in [2.75, 3.05) is 19.0 Å². The van der Waals surface area contributed by atoms with Crippen LogP contribution in [0.4, 0.5) is 0 Å². The van der Waals surface area contributed by atoms with Crippen molar-refractivity contribution < 1.29 is 9.05 Å². The molecule has 0 atom stereocenters. The zero-order valence-electron chi connectivity index (χ0n) is 8.62. The van der Waals surface area contributed by atoms with Gasteiger partial charge in [0.2, 0.25) is 5.69 Å². The second-order valence-electron chi connectivity index (χ2n) is 2.47.